The van der Waals surface area contributed by atoms with Crippen molar-refractivity contribution in [2.75, 3.05) is 45.9 Å². The number of rotatable bonds is 9. The Labute approximate surface area is 246 Å². The zero-order valence-electron chi connectivity index (χ0n) is 22.0. The number of benzene rings is 3. The van der Waals surface area contributed by atoms with Gasteiger partial charge in [0.2, 0.25) is 0 Å². The highest BCUT2D eigenvalue weighted by atomic mass is 35.5. The highest BCUT2D eigenvalue weighted by Gasteiger charge is 2.26. The van der Waals surface area contributed by atoms with Crippen molar-refractivity contribution < 1.29 is 19.5 Å². The molecule has 0 aromatic heterocycles. The van der Waals surface area contributed by atoms with Crippen molar-refractivity contribution in [3.63, 3.8) is 0 Å². The van der Waals surface area contributed by atoms with Crippen LogP contribution in [-0.4, -0.2) is 77.9 Å². The highest BCUT2D eigenvalue weighted by molar-refractivity contribution is 6.30. The number of hydroxylamine groups is 2. The molecule has 4 rings (SSSR count). The van der Waals surface area contributed by atoms with Gasteiger partial charge >= 0.3 is 6.03 Å². The van der Waals surface area contributed by atoms with E-state index in [0.29, 0.717) is 29.5 Å². The van der Waals surface area contributed by atoms with Crippen LogP contribution in [0.1, 0.15) is 40.5 Å². The monoisotopic (exact) mass is 577 g/mol. The molecular weight excluding hydrogens is 542 g/mol. The number of amides is 3. The van der Waals surface area contributed by atoms with E-state index in [1.807, 2.05) is 18.2 Å². The van der Waals surface area contributed by atoms with Crippen molar-refractivity contribution in [3.05, 3.63) is 100 Å². The van der Waals surface area contributed by atoms with Gasteiger partial charge in [-0.3, -0.25) is 19.8 Å². The van der Waals surface area contributed by atoms with Crippen LogP contribution in [0.5, 0.6) is 5.75 Å². The van der Waals surface area contributed by atoms with Gasteiger partial charge in [-0.2, -0.15) is 5.06 Å². The molecule has 216 valence electrons. The zero-order chi connectivity index (χ0) is 28.5. The largest absolute Gasteiger partial charge is 0.491 e. The molecule has 1 aliphatic rings. The summed E-state index contributed by atoms with van der Waals surface area (Å²) in [5.74, 6) is 5.11. The van der Waals surface area contributed by atoms with Crippen LogP contribution in [0.25, 0.3) is 0 Å². The molecule has 0 aliphatic carbocycles. The molecule has 0 radical (unpaired) electrons. The van der Waals surface area contributed by atoms with Gasteiger partial charge in [0.1, 0.15) is 18.9 Å². The van der Waals surface area contributed by atoms with Gasteiger partial charge in [0.15, 0.2) is 0 Å². The zero-order valence-corrected chi connectivity index (χ0v) is 22.8. The van der Waals surface area contributed by atoms with Gasteiger partial charge in [0, 0.05) is 43.3 Å². The summed E-state index contributed by atoms with van der Waals surface area (Å²) in [5, 5.41) is 10.3. The fraction of sp³-hybridized carbons (Fsp3) is 0.290. The lowest BCUT2D eigenvalue weighted by Gasteiger charge is -2.39. The van der Waals surface area contributed by atoms with Crippen LogP contribution in [0, 0.1) is 11.8 Å². The maximum atomic E-state index is 12.0. The smallest absolute Gasteiger partial charge is 0.339 e. The fourth-order valence-electron chi connectivity index (χ4n) is 4.64. The standard InChI is InChI=1S/C30H32ClN5O4.CH4/c31-25-11-9-24(10-12-25)28(23-6-2-1-3-7-23)35-17-15-34(16-18-35)19-20-40-27-13-8-22(21-26(27)29(32)37)5-4-14-36(39)30(33)38;/h1-3,6-13,21,28,39H,14-20H2,(H2,32,37)(H2,33,38);1H4/t28-;/m1./s1. The third-order valence-corrected chi connectivity index (χ3v) is 6.95. The van der Waals surface area contributed by atoms with E-state index in [2.05, 4.69) is 58.0 Å². The Morgan fingerprint density at radius 2 is 1.63 bits per heavy atom. The van der Waals surface area contributed by atoms with E-state index in [-0.39, 0.29) is 25.6 Å². The molecule has 10 heteroatoms. The van der Waals surface area contributed by atoms with Gasteiger partial charge in [-0.1, -0.05) is 73.3 Å². The lowest BCUT2D eigenvalue weighted by molar-refractivity contribution is -0.0269. The summed E-state index contributed by atoms with van der Waals surface area (Å²) >= 11 is 6.15. The Bertz CT molecular complexity index is 1370. The first-order valence-electron chi connectivity index (χ1n) is 12.9. The third-order valence-electron chi connectivity index (χ3n) is 6.70. The molecule has 1 atom stereocenters. The summed E-state index contributed by atoms with van der Waals surface area (Å²) in [6.07, 6.45) is 0. The Kier molecular flexibility index (Phi) is 11.6. The summed E-state index contributed by atoms with van der Waals surface area (Å²) in [6.45, 7) is 4.37. The number of piperazine rings is 1. The Hall–Kier alpha value is -4.07. The van der Waals surface area contributed by atoms with Crippen LogP contribution in [-0.2, 0) is 0 Å². The second kappa shape index (κ2) is 15.1. The average molecular weight is 578 g/mol. The van der Waals surface area contributed by atoms with Gasteiger partial charge in [-0.05, 0) is 41.5 Å². The lowest BCUT2D eigenvalue weighted by atomic mass is 9.96. The molecule has 3 aromatic rings. The molecule has 0 unspecified atom stereocenters. The maximum absolute atomic E-state index is 12.0. The molecular formula is C31H36ClN5O4. The van der Waals surface area contributed by atoms with E-state index in [4.69, 9.17) is 27.8 Å². The first-order chi connectivity index (χ1) is 19.3. The number of hydrogen-bond donors (Lipinski definition) is 3. The number of ether oxygens (including phenoxy) is 1. The van der Waals surface area contributed by atoms with Crippen LogP contribution in [0.4, 0.5) is 4.79 Å². The normalized spacial score (nSPS) is 14.2. The van der Waals surface area contributed by atoms with Crippen LogP contribution < -0.4 is 16.2 Å². The van der Waals surface area contributed by atoms with Gasteiger partial charge in [0.05, 0.1) is 11.6 Å². The SMILES string of the molecule is C.NC(=O)c1cc(C#CCN(O)C(N)=O)ccc1OCCN1CCN([C@H](c2ccccc2)c2ccc(Cl)cc2)CC1. The van der Waals surface area contributed by atoms with Crippen molar-refractivity contribution in [1.29, 1.82) is 0 Å². The summed E-state index contributed by atoms with van der Waals surface area (Å²) in [6, 6.07) is 22.5. The molecule has 5 N–H and O–H groups in total. The number of carbonyl (C=O) groups excluding carboxylic acids is 2. The number of nitrogens with two attached hydrogens (primary N) is 2. The predicted octanol–water partition coefficient (Wildman–Crippen LogP) is 3.98. The van der Waals surface area contributed by atoms with E-state index in [0.717, 1.165) is 31.2 Å². The molecule has 1 aliphatic heterocycles. The third kappa shape index (κ3) is 8.71. The van der Waals surface area contributed by atoms with E-state index in [1.54, 1.807) is 12.1 Å². The quantitative estimate of drug-likeness (QED) is 0.201. The second-order valence-electron chi connectivity index (χ2n) is 9.36. The van der Waals surface area contributed by atoms with Gasteiger partial charge in [-0.25, -0.2) is 4.79 Å². The average Bonchev–Trinajstić information content (AvgIpc) is 2.96. The number of urea groups is 1. The summed E-state index contributed by atoms with van der Waals surface area (Å²) < 4.78 is 5.93. The Morgan fingerprint density at radius 3 is 2.27 bits per heavy atom. The van der Waals surface area contributed by atoms with E-state index in [9.17, 15) is 14.8 Å². The number of primary amides is 2. The van der Waals surface area contributed by atoms with Crippen molar-refractivity contribution in [3.8, 4) is 17.6 Å². The minimum atomic E-state index is -1.00. The molecule has 9 nitrogen and oxygen atoms in total. The van der Waals surface area contributed by atoms with Crippen LogP contribution in [0.15, 0.2) is 72.8 Å². The molecule has 1 fully saturated rings. The molecule has 1 saturated heterocycles. The van der Waals surface area contributed by atoms with Crippen LogP contribution in [0.2, 0.25) is 5.02 Å². The molecule has 3 amide bonds. The highest BCUT2D eigenvalue weighted by Crippen LogP contribution is 2.30. The molecule has 0 saturated carbocycles. The summed E-state index contributed by atoms with van der Waals surface area (Å²) in [4.78, 5) is 27.7. The van der Waals surface area contributed by atoms with Crippen molar-refractivity contribution in [2.45, 2.75) is 13.5 Å². The first-order valence-corrected chi connectivity index (χ1v) is 13.3. The first kappa shape index (κ1) is 31.5. The lowest BCUT2D eigenvalue weighted by Crippen LogP contribution is -2.48. The number of nitrogens with zero attached hydrogens (tertiary/aromatic N) is 3. The molecule has 0 bridgehead atoms. The summed E-state index contributed by atoms with van der Waals surface area (Å²) in [5.41, 5.74) is 13.7. The van der Waals surface area contributed by atoms with Gasteiger partial charge in [-0.15, -0.1) is 0 Å². The van der Waals surface area contributed by atoms with E-state index < -0.39 is 11.9 Å². The van der Waals surface area contributed by atoms with Crippen molar-refractivity contribution in [1.82, 2.24) is 14.9 Å². The Balaban J connectivity index is 0.00000462. The second-order valence-corrected chi connectivity index (χ2v) is 9.80. The molecule has 41 heavy (non-hydrogen) atoms. The molecule has 1 heterocycles. The van der Waals surface area contributed by atoms with E-state index in [1.165, 1.54) is 17.2 Å². The predicted molar refractivity (Wildman–Crippen MR) is 160 cm³/mol. The van der Waals surface area contributed by atoms with Crippen LogP contribution in [0.3, 0.4) is 0 Å². The molecule has 3 aromatic carbocycles. The number of carbonyl (C=O) groups is 2. The summed E-state index contributed by atoms with van der Waals surface area (Å²) in [7, 11) is 0. The maximum Gasteiger partial charge on any atom is 0.339 e. The molecule has 0 spiro atoms. The van der Waals surface area contributed by atoms with Crippen LogP contribution >= 0.6 is 11.6 Å². The van der Waals surface area contributed by atoms with Crippen molar-refractivity contribution >= 4 is 23.5 Å². The van der Waals surface area contributed by atoms with Gasteiger partial charge in [0.25, 0.3) is 5.91 Å². The van der Waals surface area contributed by atoms with E-state index >= 15 is 0 Å². The minimum absolute atomic E-state index is 0. The number of hydrogen-bond acceptors (Lipinski definition) is 6. The number of halogens is 1. The van der Waals surface area contributed by atoms with Gasteiger partial charge < -0.3 is 16.2 Å². The Morgan fingerprint density at radius 1 is 0.976 bits per heavy atom. The van der Waals surface area contributed by atoms with Crippen molar-refractivity contribution in [2.24, 2.45) is 11.5 Å². The topological polar surface area (TPSA) is 125 Å². The fourth-order valence-corrected chi connectivity index (χ4v) is 4.77. The minimum Gasteiger partial charge on any atom is -0.491 e.